The van der Waals surface area contributed by atoms with E-state index in [1.165, 1.54) is 6.07 Å². The number of nitrogens with one attached hydrogen (secondary N) is 1. The van der Waals surface area contributed by atoms with Crippen LogP contribution in [0, 0.1) is 6.92 Å². The van der Waals surface area contributed by atoms with Crippen LogP contribution in [-0.2, 0) is 0 Å². The SMILES string of the molecule is Cc1nc2c(O)cc(C=O)cc2[nH]1. The smallest absolute Gasteiger partial charge is 0.150 e. The first-order chi connectivity index (χ1) is 6.20. The van der Waals surface area contributed by atoms with Gasteiger partial charge >= 0.3 is 0 Å². The molecule has 13 heavy (non-hydrogen) atoms. The third-order valence-corrected chi connectivity index (χ3v) is 1.84. The van der Waals surface area contributed by atoms with E-state index in [-0.39, 0.29) is 5.75 Å². The minimum absolute atomic E-state index is 0.0314. The Morgan fingerprint density at radius 3 is 3.00 bits per heavy atom. The van der Waals surface area contributed by atoms with Crippen LogP contribution in [0.5, 0.6) is 5.75 Å². The van der Waals surface area contributed by atoms with Crippen molar-refractivity contribution in [3.63, 3.8) is 0 Å². The van der Waals surface area contributed by atoms with Gasteiger partial charge in [0.25, 0.3) is 0 Å². The highest BCUT2D eigenvalue weighted by molar-refractivity contribution is 5.89. The summed E-state index contributed by atoms with van der Waals surface area (Å²) in [4.78, 5) is 17.5. The molecule has 0 amide bonds. The summed E-state index contributed by atoms with van der Waals surface area (Å²) in [7, 11) is 0. The van der Waals surface area contributed by atoms with Crippen molar-refractivity contribution < 1.29 is 9.90 Å². The van der Waals surface area contributed by atoms with E-state index < -0.39 is 0 Å². The molecule has 0 aliphatic rings. The molecule has 0 saturated heterocycles. The first kappa shape index (κ1) is 7.79. The van der Waals surface area contributed by atoms with E-state index in [2.05, 4.69) is 9.97 Å². The molecule has 1 heterocycles. The fourth-order valence-electron chi connectivity index (χ4n) is 1.31. The zero-order valence-electron chi connectivity index (χ0n) is 7.03. The molecule has 2 rings (SSSR count). The Morgan fingerprint density at radius 2 is 2.31 bits per heavy atom. The van der Waals surface area contributed by atoms with Gasteiger partial charge in [-0.2, -0.15) is 0 Å². The van der Waals surface area contributed by atoms with Gasteiger partial charge in [-0.15, -0.1) is 0 Å². The van der Waals surface area contributed by atoms with Crippen LogP contribution < -0.4 is 0 Å². The number of H-pyrrole nitrogens is 1. The van der Waals surface area contributed by atoms with Gasteiger partial charge in [-0.3, -0.25) is 4.79 Å². The number of hydrogen-bond acceptors (Lipinski definition) is 3. The molecule has 0 spiro atoms. The largest absolute Gasteiger partial charge is 0.506 e. The van der Waals surface area contributed by atoms with Gasteiger partial charge in [-0.1, -0.05) is 0 Å². The quantitative estimate of drug-likeness (QED) is 0.645. The van der Waals surface area contributed by atoms with Crippen LogP contribution in [0.2, 0.25) is 0 Å². The number of aldehydes is 1. The van der Waals surface area contributed by atoms with Gasteiger partial charge in [-0.25, -0.2) is 4.98 Å². The number of benzene rings is 1. The first-order valence-corrected chi connectivity index (χ1v) is 3.85. The zero-order chi connectivity index (χ0) is 9.42. The number of aromatic nitrogens is 2. The van der Waals surface area contributed by atoms with Crippen LogP contribution in [0.25, 0.3) is 11.0 Å². The Bertz CT molecular complexity index is 474. The van der Waals surface area contributed by atoms with Gasteiger partial charge in [-0.05, 0) is 19.1 Å². The lowest BCUT2D eigenvalue weighted by Gasteiger charge is -1.94. The second-order valence-electron chi connectivity index (χ2n) is 2.88. The number of carbonyl (C=O) groups is 1. The Labute approximate surface area is 74.2 Å². The van der Waals surface area contributed by atoms with Crippen LogP contribution >= 0.6 is 0 Å². The predicted octanol–water partition coefficient (Wildman–Crippen LogP) is 1.39. The van der Waals surface area contributed by atoms with Crippen LogP contribution in [-0.4, -0.2) is 21.4 Å². The molecular weight excluding hydrogens is 168 g/mol. The van der Waals surface area contributed by atoms with E-state index in [0.29, 0.717) is 28.7 Å². The Balaban J connectivity index is 2.82. The van der Waals surface area contributed by atoms with Crippen molar-refractivity contribution in [2.75, 3.05) is 0 Å². The molecular formula is C9H8N2O2. The topological polar surface area (TPSA) is 66.0 Å². The van der Waals surface area contributed by atoms with E-state index in [1.807, 2.05) is 0 Å². The third kappa shape index (κ3) is 1.16. The lowest BCUT2D eigenvalue weighted by atomic mass is 10.2. The second kappa shape index (κ2) is 2.58. The molecule has 66 valence electrons. The lowest BCUT2D eigenvalue weighted by molar-refractivity contribution is 0.112. The van der Waals surface area contributed by atoms with Crippen molar-refractivity contribution in [3.05, 3.63) is 23.5 Å². The molecule has 0 saturated carbocycles. The third-order valence-electron chi connectivity index (χ3n) is 1.84. The average molecular weight is 176 g/mol. The number of aryl methyl sites for hydroxylation is 1. The summed E-state index contributed by atoms with van der Waals surface area (Å²) in [6, 6.07) is 3.05. The van der Waals surface area contributed by atoms with Gasteiger partial charge in [0.1, 0.15) is 23.4 Å². The Hall–Kier alpha value is -1.84. The van der Waals surface area contributed by atoms with E-state index in [0.717, 1.165) is 0 Å². The lowest BCUT2D eigenvalue weighted by Crippen LogP contribution is -1.80. The zero-order valence-corrected chi connectivity index (χ0v) is 7.03. The van der Waals surface area contributed by atoms with Crippen molar-refractivity contribution in [1.82, 2.24) is 9.97 Å². The van der Waals surface area contributed by atoms with Gasteiger partial charge in [0.15, 0.2) is 0 Å². The minimum Gasteiger partial charge on any atom is -0.506 e. The Kier molecular flexibility index (Phi) is 1.55. The summed E-state index contributed by atoms with van der Waals surface area (Å²) in [5, 5.41) is 9.46. The van der Waals surface area contributed by atoms with Crippen molar-refractivity contribution >= 4 is 17.3 Å². The second-order valence-corrected chi connectivity index (χ2v) is 2.88. The molecule has 0 aliphatic heterocycles. The van der Waals surface area contributed by atoms with Crippen molar-refractivity contribution in [2.24, 2.45) is 0 Å². The fourth-order valence-corrected chi connectivity index (χ4v) is 1.31. The summed E-state index contributed by atoms with van der Waals surface area (Å²) >= 11 is 0. The van der Waals surface area contributed by atoms with E-state index in [9.17, 15) is 9.90 Å². The molecule has 2 aromatic rings. The number of hydrogen-bond donors (Lipinski definition) is 2. The number of carbonyl (C=O) groups excluding carboxylic acids is 1. The van der Waals surface area contributed by atoms with Gasteiger partial charge in [0, 0.05) is 5.56 Å². The van der Waals surface area contributed by atoms with Crippen LogP contribution in [0.3, 0.4) is 0 Å². The van der Waals surface area contributed by atoms with Crippen LogP contribution in [0.15, 0.2) is 12.1 Å². The molecule has 0 atom stereocenters. The standard InChI is InChI=1S/C9H8N2O2/c1-5-10-7-2-6(4-12)3-8(13)9(7)11-5/h2-4,13H,1H3,(H,10,11). The first-order valence-electron chi connectivity index (χ1n) is 3.85. The summed E-state index contributed by atoms with van der Waals surface area (Å²) < 4.78 is 0. The average Bonchev–Trinajstić information content (AvgIpc) is 2.46. The minimum atomic E-state index is 0.0314. The molecule has 4 heteroatoms. The molecule has 0 bridgehead atoms. The monoisotopic (exact) mass is 176 g/mol. The fraction of sp³-hybridized carbons (Fsp3) is 0.111. The number of phenols is 1. The highest BCUT2D eigenvalue weighted by atomic mass is 16.3. The summed E-state index contributed by atoms with van der Waals surface area (Å²) in [5.74, 6) is 0.747. The predicted molar refractivity (Wildman–Crippen MR) is 47.9 cm³/mol. The highest BCUT2D eigenvalue weighted by Gasteiger charge is 2.06. The van der Waals surface area contributed by atoms with Gasteiger partial charge in [0.2, 0.25) is 0 Å². The van der Waals surface area contributed by atoms with Crippen molar-refractivity contribution in [2.45, 2.75) is 6.92 Å². The number of aromatic hydroxyl groups is 1. The summed E-state index contributed by atoms with van der Waals surface area (Å²) in [6.45, 7) is 1.79. The van der Waals surface area contributed by atoms with Crippen molar-refractivity contribution in [1.29, 1.82) is 0 Å². The number of aromatic amines is 1. The molecule has 0 unspecified atom stereocenters. The molecule has 0 radical (unpaired) electrons. The molecule has 0 aliphatic carbocycles. The van der Waals surface area contributed by atoms with E-state index >= 15 is 0 Å². The maximum absolute atomic E-state index is 10.5. The molecule has 1 aromatic heterocycles. The molecule has 2 N–H and O–H groups in total. The number of nitrogens with zero attached hydrogens (tertiary/aromatic N) is 1. The number of fused-ring (bicyclic) bond motifs is 1. The summed E-state index contributed by atoms with van der Waals surface area (Å²) in [5.41, 5.74) is 1.62. The molecule has 1 aromatic carbocycles. The van der Waals surface area contributed by atoms with Crippen LogP contribution in [0.1, 0.15) is 16.2 Å². The maximum Gasteiger partial charge on any atom is 0.150 e. The Morgan fingerprint density at radius 1 is 1.54 bits per heavy atom. The number of imidazole rings is 1. The number of rotatable bonds is 1. The molecule has 0 fully saturated rings. The van der Waals surface area contributed by atoms with E-state index in [1.54, 1.807) is 13.0 Å². The van der Waals surface area contributed by atoms with Gasteiger partial charge in [0.05, 0.1) is 5.52 Å². The number of phenolic OH excluding ortho intramolecular Hbond substituents is 1. The highest BCUT2D eigenvalue weighted by Crippen LogP contribution is 2.23. The van der Waals surface area contributed by atoms with E-state index in [4.69, 9.17) is 0 Å². The summed E-state index contributed by atoms with van der Waals surface area (Å²) in [6.07, 6.45) is 0.690. The van der Waals surface area contributed by atoms with Crippen molar-refractivity contribution in [3.8, 4) is 5.75 Å². The van der Waals surface area contributed by atoms with Crippen LogP contribution in [0.4, 0.5) is 0 Å². The maximum atomic E-state index is 10.5. The van der Waals surface area contributed by atoms with Gasteiger partial charge < -0.3 is 10.1 Å². The molecule has 4 nitrogen and oxygen atoms in total. The normalized spacial score (nSPS) is 10.5.